The van der Waals surface area contributed by atoms with Gasteiger partial charge in [-0.3, -0.25) is 9.59 Å². The molecule has 5 rings (SSSR count). The second-order valence-electron chi connectivity index (χ2n) is 7.60. The fourth-order valence-electron chi connectivity index (χ4n) is 4.01. The van der Waals surface area contributed by atoms with E-state index in [0.29, 0.717) is 37.6 Å². The number of benzene rings is 2. The summed E-state index contributed by atoms with van der Waals surface area (Å²) in [5, 5.41) is 2.17. The van der Waals surface area contributed by atoms with Crippen molar-refractivity contribution < 1.29 is 9.53 Å². The summed E-state index contributed by atoms with van der Waals surface area (Å²) in [6.45, 7) is 3.63. The van der Waals surface area contributed by atoms with Crippen LogP contribution in [0.5, 0.6) is 5.75 Å². The average molecular weight is 414 g/mol. The Kier molecular flexibility index (Phi) is 4.78. The number of amides is 1. The van der Waals surface area contributed by atoms with Crippen molar-refractivity contribution in [2.24, 2.45) is 0 Å². The SMILES string of the molecule is Cc1cn(-c2ccc3n(c2=O)CCN(CCOc2cccc4ccccc24)C3=O)cn1. The molecule has 0 bridgehead atoms. The maximum atomic E-state index is 13.0. The Morgan fingerprint density at radius 1 is 1.00 bits per heavy atom. The second-order valence-corrected chi connectivity index (χ2v) is 7.60. The topological polar surface area (TPSA) is 69.4 Å². The van der Waals surface area contributed by atoms with E-state index < -0.39 is 0 Å². The lowest BCUT2D eigenvalue weighted by Gasteiger charge is -2.29. The van der Waals surface area contributed by atoms with Crippen LogP contribution < -0.4 is 10.3 Å². The first kappa shape index (κ1) is 19.1. The minimum Gasteiger partial charge on any atom is -0.491 e. The number of hydrogen-bond donors (Lipinski definition) is 0. The third kappa shape index (κ3) is 3.48. The van der Waals surface area contributed by atoms with Gasteiger partial charge in [-0.1, -0.05) is 36.4 Å². The third-order valence-electron chi connectivity index (χ3n) is 5.61. The minimum atomic E-state index is -0.185. The van der Waals surface area contributed by atoms with Crippen molar-refractivity contribution in [3.8, 4) is 11.4 Å². The molecule has 1 aliphatic rings. The number of imidazole rings is 1. The van der Waals surface area contributed by atoms with E-state index in [9.17, 15) is 9.59 Å². The van der Waals surface area contributed by atoms with E-state index in [2.05, 4.69) is 4.98 Å². The normalized spacial score (nSPS) is 13.5. The lowest BCUT2D eigenvalue weighted by molar-refractivity contribution is 0.0673. The van der Waals surface area contributed by atoms with Gasteiger partial charge in [-0.15, -0.1) is 0 Å². The van der Waals surface area contributed by atoms with E-state index >= 15 is 0 Å². The van der Waals surface area contributed by atoms with Crippen molar-refractivity contribution in [3.05, 3.63) is 88.9 Å². The predicted octanol–water partition coefficient (Wildman–Crippen LogP) is 3.03. The molecule has 7 heteroatoms. The first-order chi connectivity index (χ1) is 15.1. The smallest absolute Gasteiger partial charge is 0.275 e. The molecule has 1 aliphatic heterocycles. The zero-order valence-corrected chi connectivity index (χ0v) is 17.2. The molecular formula is C24H22N4O3. The molecule has 156 valence electrons. The molecule has 31 heavy (non-hydrogen) atoms. The predicted molar refractivity (Wildman–Crippen MR) is 118 cm³/mol. The summed E-state index contributed by atoms with van der Waals surface area (Å²) in [7, 11) is 0. The van der Waals surface area contributed by atoms with Crippen molar-refractivity contribution in [2.45, 2.75) is 13.5 Å². The van der Waals surface area contributed by atoms with E-state index in [1.807, 2.05) is 49.4 Å². The van der Waals surface area contributed by atoms with Crippen LogP contribution in [-0.2, 0) is 6.54 Å². The van der Waals surface area contributed by atoms with Crippen molar-refractivity contribution in [1.29, 1.82) is 0 Å². The van der Waals surface area contributed by atoms with Crippen molar-refractivity contribution in [2.75, 3.05) is 19.7 Å². The zero-order chi connectivity index (χ0) is 21.4. The van der Waals surface area contributed by atoms with Crippen LogP contribution in [0, 0.1) is 6.92 Å². The number of hydrogen-bond acceptors (Lipinski definition) is 4. The Hall–Kier alpha value is -3.87. The van der Waals surface area contributed by atoms with Gasteiger partial charge in [0.2, 0.25) is 0 Å². The standard InChI is InChI=1S/C24H22N4O3/c1-17-15-27(16-25-17)20-9-10-21-23(29)26(11-12-28(21)24(20)30)13-14-31-22-8-4-6-18-5-2-3-7-19(18)22/h2-10,15-16H,11-14H2,1H3. The highest BCUT2D eigenvalue weighted by molar-refractivity contribution is 5.93. The highest BCUT2D eigenvalue weighted by Gasteiger charge is 2.26. The molecule has 7 nitrogen and oxygen atoms in total. The number of aryl methyl sites for hydroxylation is 1. The van der Waals surface area contributed by atoms with Gasteiger partial charge < -0.3 is 18.8 Å². The van der Waals surface area contributed by atoms with Crippen LogP contribution in [0.1, 0.15) is 16.2 Å². The molecule has 0 radical (unpaired) electrons. The quantitative estimate of drug-likeness (QED) is 0.503. The molecule has 0 saturated carbocycles. The van der Waals surface area contributed by atoms with Gasteiger partial charge in [-0.2, -0.15) is 0 Å². The Bertz CT molecular complexity index is 1330. The summed E-state index contributed by atoms with van der Waals surface area (Å²) in [6.07, 6.45) is 3.41. The van der Waals surface area contributed by atoms with Crippen LogP contribution in [-0.4, -0.2) is 44.6 Å². The van der Waals surface area contributed by atoms with Gasteiger partial charge in [0, 0.05) is 24.7 Å². The molecule has 0 saturated heterocycles. The highest BCUT2D eigenvalue weighted by atomic mass is 16.5. The molecule has 0 fully saturated rings. The molecule has 4 aromatic rings. The number of carbonyl (C=O) groups is 1. The summed E-state index contributed by atoms with van der Waals surface area (Å²) in [5.74, 6) is 0.651. The van der Waals surface area contributed by atoms with E-state index in [-0.39, 0.29) is 11.5 Å². The highest BCUT2D eigenvalue weighted by Crippen LogP contribution is 2.25. The number of carbonyl (C=O) groups excluding carboxylic acids is 1. The maximum absolute atomic E-state index is 13.0. The average Bonchev–Trinajstić information content (AvgIpc) is 3.22. The number of nitrogens with zero attached hydrogens (tertiary/aromatic N) is 4. The van der Waals surface area contributed by atoms with Crippen molar-refractivity contribution >= 4 is 16.7 Å². The Morgan fingerprint density at radius 3 is 2.68 bits per heavy atom. The maximum Gasteiger partial charge on any atom is 0.275 e. The molecule has 0 spiro atoms. The van der Waals surface area contributed by atoms with Gasteiger partial charge in [0.1, 0.15) is 23.7 Å². The Labute approximate surface area is 179 Å². The minimum absolute atomic E-state index is 0.154. The van der Waals surface area contributed by atoms with Crippen LogP contribution >= 0.6 is 0 Å². The van der Waals surface area contributed by atoms with Crippen LogP contribution in [0.3, 0.4) is 0 Å². The second kappa shape index (κ2) is 7.75. The third-order valence-corrected chi connectivity index (χ3v) is 5.61. The summed E-state index contributed by atoms with van der Waals surface area (Å²) in [6, 6.07) is 17.4. The monoisotopic (exact) mass is 414 g/mol. The van der Waals surface area contributed by atoms with E-state index in [1.54, 1.807) is 38.7 Å². The van der Waals surface area contributed by atoms with Crippen LogP contribution in [0.4, 0.5) is 0 Å². The van der Waals surface area contributed by atoms with E-state index in [0.717, 1.165) is 22.2 Å². The number of fused-ring (bicyclic) bond motifs is 2. The molecule has 2 aromatic heterocycles. The van der Waals surface area contributed by atoms with Gasteiger partial charge in [-0.05, 0) is 30.5 Å². The number of ether oxygens (including phenoxy) is 1. The molecular weight excluding hydrogens is 392 g/mol. The molecule has 0 aliphatic carbocycles. The number of aromatic nitrogens is 3. The molecule has 0 N–H and O–H groups in total. The molecule has 0 atom stereocenters. The van der Waals surface area contributed by atoms with Gasteiger partial charge >= 0.3 is 0 Å². The largest absolute Gasteiger partial charge is 0.491 e. The molecule has 2 aromatic carbocycles. The lowest BCUT2D eigenvalue weighted by Crippen LogP contribution is -2.46. The first-order valence-electron chi connectivity index (χ1n) is 10.3. The van der Waals surface area contributed by atoms with Crippen LogP contribution in [0.15, 0.2) is 71.9 Å². The van der Waals surface area contributed by atoms with Gasteiger partial charge in [0.15, 0.2) is 0 Å². The molecule has 3 heterocycles. The van der Waals surface area contributed by atoms with Crippen LogP contribution in [0.25, 0.3) is 16.5 Å². The van der Waals surface area contributed by atoms with E-state index in [4.69, 9.17) is 4.74 Å². The van der Waals surface area contributed by atoms with Crippen LogP contribution in [0.2, 0.25) is 0 Å². The summed E-state index contributed by atoms with van der Waals surface area (Å²) >= 11 is 0. The summed E-state index contributed by atoms with van der Waals surface area (Å²) in [5.41, 5.74) is 1.54. The number of pyridine rings is 1. The number of rotatable bonds is 5. The Balaban J connectivity index is 1.31. The fourth-order valence-corrected chi connectivity index (χ4v) is 4.01. The van der Waals surface area contributed by atoms with Crippen molar-refractivity contribution in [3.63, 3.8) is 0 Å². The summed E-state index contributed by atoms with van der Waals surface area (Å²) in [4.78, 5) is 31.8. The summed E-state index contributed by atoms with van der Waals surface area (Å²) < 4.78 is 9.23. The lowest BCUT2D eigenvalue weighted by atomic mass is 10.1. The van der Waals surface area contributed by atoms with E-state index in [1.165, 1.54) is 0 Å². The zero-order valence-electron chi connectivity index (χ0n) is 17.2. The van der Waals surface area contributed by atoms with Gasteiger partial charge in [-0.25, -0.2) is 4.98 Å². The molecule has 0 unspecified atom stereocenters. The fraction of sp³-hybridized carbons (Fsp3) is 0.208. The van der Waals surface area contributed by atoms with Gasteiger partial charge in [0.05, 0.1) is 18.6 Å². The van der Waals surface area contributed by atoms with Crippen molar-refractivity contribution in [1.82, 2.24) is 19.0 Å². The molecule has 1 amide bonds. The van der Waals surface area contributed by atoms with Gasteiger partial charge in [0.25, 0.3) is 11.5 Å². The first-order valence-corrected chi connectivity index (χ1v) is 10.3. The Morgan fingerprint density at radius 2 is 1.84 bits per heavy atom.